The fourth-order valence-electron chi connectivity index (χ4n) is 2.72. The van der Waals surface area contributed by atoms with Crippen LogP contribution in [0.15, 0.2) is 41.4 Å². The van der Waals surface area contributed by atoms with E-state index in [1.807, 2.05) is 43.3 Å². The molecule has 0 bridgehead atoms. The van der Waals surface area contributed by atoms with E-state index in [1.165, 1.54) is 11.1 Å². The number of methoxy groups -OCH3 is 1. The molecule has 0 aliphatic carbocycles. The second kappa shape index (κ2) is 12.4. The maximum Gasteiger partial charge on any atom is 0.191 e. The Kier molecular flexibility index (Phi) is 10.7. The van der Waals surface area contributed by atoms with Crippen LogP contribution in [0.2, 0.25) is 0 Å². The normalized spacial score (nSPS) is 10.8. The number of nitrogens with zero attached hydrogens (tertiary/aromatic N) is 3. The van der Waals surface area contributed by atoms with Crippen LogP contribution in [0, 0.1) is 6.92 Å². The van der Waals surface area contributed by atoms with Gasteiger partial charge in [0, 0.05) is 27.2 Å². The van der Waals surface area contributed by atoms with Crippen LogP contribution in [0.1, 0.15) is 23.7 Å². The van der Waals surface area contributed by atoms with Gasteiger partial charge >= 0.3 is 0 Å². The number of hydrogen-bond donors (Lipinski definition) is 2. The number of pyridine rings is 1. The van der Waals surface area contributed by atoms with Crippen molar-refractivity contribution in [2.24, 2.45) is 4.99 Å². The number of nitrogens with one attached hydrogen (secondary N) is 2. The fraction of sp³-hybridized carbons (Fsp3) is 0.429. The Labute approximate surface area is 185 Å². The standard InChI is InChI=1S/C21H31N5O.HI/c1-6-22-21(24-15-18-8-7-9-20(25-18)26(3)4)23-13-12-17-14-16(2)10-11-19(17)27-5;/h7-11,14H,6,12-13,15H2,1-5H3,(H2,22,23,24);1H. The van der Waals surface area contributed by atoms with Crippen LogP contribution in [0.4, 0.5) is 5.82 Å². The summed E-state index contributed by atoms with van der Waals surface area (Å²) in [6.07, 6.45) is 0.865. The van der Waals surface area contributed by atoms with E-state index in [0.717, 1.165) is 42.7 Å². The van der Waals surface area contributed by atoms with Crippen molar-refractivity contribution in [3.05, 3.63) is 53.2 Å². The summed E-state index contributed by atoms with van der Waals surface area (Å²) in [5, 5.41) is 6.68. The van der Waals surface area contributed by atoms with Gasteiger partial charge in [0.25, 0.3) is 0 Å². The van der Waals surface area contributed by atoms with E-state index in [0.29, 0.717) is 6.54 Å². The molecule has 0 spiro atoms. The molecule has 0 atom stereocenters. The second-order valence-electron chi connectivity index (χ2n) is 6.57. The lowest BCUT2D eigenvalue weighted by molar-refractivity contribution is 0.409. The van der Waals surface area contributed by atoms with Gasteiger partial charge in [0.2, 0.25) is 0 Å². The van der Waals surface area contributed by atoms with Crippen molar-refractivity contribution in [3.63, 3.8) is 0 Å². The number of hydrogen-bond acceptors (Lipinski definition) is 4. The van der Waals surface area contributed by atoms with Gasteiger partial charge in [-0.15, -0.1) is 24.0 Å². The first-order valence-corrected chi connectivity index (χ1v) is 9.32. The maximum absolute atomic E-state index is 5.46. The van der Waals surface area contributed by atoms with E-state index in [2.05, 4.69) is 46.6 Å². The molecule has 28 heavy (non-hydrogen) atoms. The van der Waals surface area contributed by atoms with Gasteiger partial charge in [-0.3, -0.25) is 0 Å². The molecule has 6 nitrogen and oxygen atoms in total. The van der Waals surface area contributed by atoms with Crippen LogP contribution in [0.3, 0.4) is 0 Å². The SMILES string of the molecule is CCNC(=NCc1cccc(N(C)C)n1)NCCc1cc(C)ccc1OC.I. The highest BCUT2D eigenvalue weighted by molar-refractivity contribution is 14.0. The summed E-state index contributed by atoms with van der Waals surface area (Å²) in [5.74, 6) is 2.66. The van der Waals surface area contributed by atoms with E-state index in [4.69, 9.17) is 4.74 Å². The highest BCUT2D eigenvalue weighted by Crippen LogP contribution is 2.19. The number of halogens is 1. The first kappa shape index (κ1) is 24.0. The van der Waals surface area contributed by atoms with Crippen molar-refractivity contribution >= 4 is 35.8 Å². The molecule has 0 aliphatic rings. The van der Waals surface area contributed by atoms with E-state index >= 15 is 0 Å². The van der Waals surface area contributed by atoms with Crippen molar-refractivity contribution in [3.8, 4) is 5.75 Å². The first-order valence-electron chi connectivity index (χ1n) is 9.32. The van der Waals surface area contributed by atoms with Crippen molar-refractivity contribution in [1.29, 1.82) is 0 Å². The van der Waals surface area contributed by atoms with Gasteiger partial charge in [-0.2, -0.15) is 0 Å². The van der Waals surface area contributed by atoms with Crippen LogP contribution in [0.25, 0.3) is 0 Å². The van der Waals surface area contributed by atoms with Gasteiger partial charge in [0.1, 0.15) is 11.6 Å². The van der Waals surface area contributed by atoms with Crippen molar-refractivity contribution in [2.75, 3.05) is 39.2 Å². The molecule has 0 amide bonds. The zero-order chi connectivity index (χ0) is 19.6. The van der Waals surface area contributed by atoms with Gasteiger partial charge < -0.3 is 20.3 Å². The molecule has 1 aromatic carbocycles. The third-order valence-electron chi connectivity index (χ3n) is 4.12. The zero-order valence-corrected chi connectivity index (χ0v) is 19.8. The highest BCUT2D eigenvalue weighted by atomic mass is 127. The Balaban J connectivity index is 0.00000392. The van der Waals surface area contributed by atoms with Crippen molar-refractivity contribution < 1.29 is 4.74 Å². The topological polar surface area (TPSA) is 61.8 Å². The summed E-state index contributed by atoms with van der Waals surface area (Å²) in [6, 6.07) is 12.3. The minimum absolute atomic E-state index is 0. The average molecular weight is 497 g/mol. The van der Waals surface area contributed by atoms with Gasteiger partial charge in [-0.1, -0.05) is 23.8 Å². The van der Waals surface area contributed by atoms with Crippen LogP contribution < -0.4 is 20.3 Å². The number of rotatable bonds is 8. The van der Waals surface area contributed by atoms with Crippen LogP contribution in [0.5, 0.6) is 5.75 Å². The number of benzene rings is 1. The largest absolute Gasteiger partial charge is 0.496 e. The lowest BCUT2D eigenvalue weighted by Crippen LogP contribution is -2.38. The summed E-state index contributed by atoms with van der Waals surface area (Å²) in [6.45, 7) is 6.27. The Morgan fingerprint density at radius 2 is 1.96 bits per heavy atom. The first-order chi connectivity index (χ1) is 13.0. The number of ether oxygens (including phenoxy) is 1. The van der Waals surface area contributed by atoms with Crippen LogP contribution in [-0.2, 0) is 13.0 Å². The molecular weight excluding hydrogens is 465 g/mol. The minimum atomic E-state index is 0. The average Bonchev–Trinajstić information content (AvgIpc) is 2.66. The lowest BCUT2D eigenvalue weighted by atomic mass is 10.1. The van der Waals surface area contributed by atoms with Gasteiger partial charge in [-0.05, 0) is 44.0 Å². The zero-order valence-electron chi connectivity index (χ0n) is 17.5. The van der Waals surface area contributed by atoms with Gasteiger partial charge in [-0.25, -0.2) is 9.98 Å². The van der Waals surface area contributed by atoms with Crippen LogP contribution in [-0.4, -0.2) is 45.2 Å². The molecule has 154 valence electrons. The minimum Gasteiger partial charge on any atom is -0.496 e. The van der Waals surface area contributed by atoms with E-state index < -0.39 is 0 Å². The molecule has 7 heteroatoms. The van der Waals surface area contributed by atoms with Crippen molar-refractivity contribution in [1.82, 2.24) is 15.6 Å². The molecule has 0 saturated heterocycles. The second-order valence-corrected chi connectivity index (χ2v) is 6.57. The predicted octanol–water partition coefficient (Wildman–Crippen LogP) is 3.38. The van der Waals surface area contributed by atoms with E-state index in [9.17, 15) is 0 Å². The molecule has 0 fully saturated rings. The number of anilines is 1. The monoisotopic (exact) mass is 497 g/mol. The maximum atomic E-state index is 5.46. The fourth-order valence-corrected chi connectivity index (χ4v) is 2.72. The molecule has 1 aromatic heterocycles. The number of aryl methyl sites for hydroxylation is 1. The highest BCUT2D eigenvalue weighted by Gasteiger charge is 2.05. The quantitative estimate of drug-likeness (QED) is 0.333. The predicted molar refractivity (Wildman–Crippen MR) is 128 cm³/mol. The van der Waals surface area contributed by atoms with Crippen molar-refractivity contribution in [2.45, 2.75) is 26.8 Å². The smallest absolute Gasteiger partial charge is 0.191 e. The third kappa shape index (κ3) is 7.53. The van der Waals surface area contributed by atoms with E-state index in [-0.39, 0.29) is 24.0 Å². The Bertz CT molecular complexity index is 764. The number of aliphatic imine (C=N–C) groups is 1. The third-order valence-corrected chi connectivity index (χ3v) is 4.12. The number of guanidine groups is 1. The Hall–Kier alpha value is -2.03. The van der Waals surface area contributed by atoms with Gasteiger partial charge in [0.15, 0.2) is 5.96 Å². The molecule has 0 aliphatic heterocycles. The van der Waals surface area contributed by atoms with Crippen LogP contribution >= 0.6 is 24.0 Å². The summed E-state index contributed by atoms with van der Waals surface area (Å²) in [4.78, 5) is 11.3. The Morgan fingerprint density at radius 1 is 1.18 bits per heavy atom. The molecule has 1 heterocycles. The molecule has 2 N–H and O–H groups in total. The molecule has 0 radical (unpaired) electrons. The molecule has 0 unspecified atom stereocenters. The lowest BCUT2D eigenvalue weighted by Gasteiger charge is -2.14. The molecular formula is C21H32IN5O. The van der Waals surface area contributed by atoms with Gasteiger partial charge in [0.05, 0.1) is 19.3 Å². The van der Waals surface area contributed by atoms with E-state index in [1.54, 1.807) is 7.11 Å². The summed E-state index contributed by atoms with van der Waals surface area (Å²) >= 11 is 0. The summed E-state index contributed by atoms with van der Waals surface area (Å²) in [5.41, 5.74) is 3.37. The summed E-state index contributed by atoms with van der Waals surface area (Å²) < 4.78 is 5.46. The molecule has 2 rings (SSSR count). The molecule has 2 aromatic rings. The number of aromatic nitrogens is 1. The molecule has 0 saturated carbocycles. The summed E-state index contributed by atoms with van der Waals surface area (Å²) in [7, 11) is 5.68. The Morgan fingerprint density at radius 3 is 2.64 bits per heavy atom.